The molecule has 0 unspecified atom stereocenters. The number of imidazole rings is 1. The van der Waals surface area contributed by atoms with E-state index in [4.69, 9.17) is 0 Å². The molecule has 0 radical (unpaired) electrons. The third kappa shape index (κ3) is 2.06. The fourth-order valence-electron chi connectivity index (χ4n) is 4.17. The molecule has 4 aromatic rings. The van der Waals surface area contributed by atoms with Gasteiger partial charge in [0.15, 0.2) is 11.0 Å². The molecule has 0 aliphatic heterocycles. The van der Waals surface area contributed by atoms with Crippen molar-refractivity contribution in [3.05, 3.63) is 59.7 Å². The summed E-state index contributed by atoms with van der Waals surface area (Å²) < 4.78 is 4.85. The molecule has 0 fully saturated rings. The summed E-state index contributed by atoms with van der Waals surface area (Å²) in [5.41, 5.74) is 8.35. The van der Waals surface area contributed by atoms with Crippen LogP contribution >= 0.6 is 0 Å². The normalized spacial score (nSPS) is 11.8. The zero-order chi connectivity index (χ0) is 16.7. The SMILES string of the molecule is CCCc1c(CCC)c2n(c3ccccc13)c1ccccc1[n+]2C. The highest BCUT2D eigenvalue weighted by atomic mass is 15.1. The van der Waals surface area contributed by atoms with E-state index in [-0.39, 0.29) is 0 Å². The Morgan fingerprint density at radius 2 is 1.42 bits per heavy atom. The van der Waals surface area contributed by atoms with Crippen molar-refractivity contribution in [2.45, 2.75) is 39.5 Å². The molecule has 4 rings (SSSR count). The monoisotopic (exact) mass is 317 g/mol. The zero-order valence-corrected chi connectivity index (χ0v) is 14.8. The minimum absolute atomic E-state index is 1.13. The van der Waals surface area contributed by atoms with Crippen LogP contribution < -0.4 is 4.57 Å². The van der Waals surface area contributed by atoms with Crippen LogP contribution in [-0.2, 0) is 19.9 Å². The Morgan fingerprint density at radius 3 is 2.17 bits per heavy atom. The maximum atomic E-state index is 2.47. The van der Waals surface area contributed by atoms with Crippen LogP contribution in [0.1, 0.15) is 37.8 Å². The van der Waals surface area contributed by atoms with Crippen LogP contribution in [0.3, 0.4) is 0 Å². The van der Waals surface area contributed by atoms with Crippen LogP contribution in [-0.4, -0.2) is 4.40 Å². The second-order valence-corrected chi connectivity index (χ2v) is 6.68. The van der Waals surface area contributed by atoms with Crippen molar-refractivity contribution >= 4 is 27.6 Å². The first-order chi connectivity index (χ1) is 11.8. The molecule has 0 spiro atoms. The van der Waals surface area contributed by atoms with Crippen LogP contribution in [0.2, 0.25) is 0 Å². The highest BCUT2D eigenvalue weighted by molar-refractivity contribution is 5.92. The lowest BCUT2D eigenvalue weighted by atomic mass is 9.96. The Balaban J connectivity index is 2.31. The van der Waals surface area contributed by atoms with Gasteiger partial charge in [0.1, 0.15) is 5.52 Å². The van der Waals surface area contributed by atoms with E-state index in [0.717, 1.165) is 12.8 Å². The predicted octanol–water partition coefficient (Wildman–Crippen LogP) is 4.98. The molecular weight excluding hydrogens is 292 g/mol. The van der Waals surface area contributed by atoms with E-state index in [2.05, 4.69) is 78.4 Å². The van der Waals surface area contributed by atoms with Crippen molar-refractivity contribution in [3.63, 3.8) is 0 Å². The van der Waals surface area contributed by atoms with Crippen LogP contribution in [0.5, 0.6) is 0 Å². The number of pyridine rings is 1. The summed E-state index contributed by atoms with van der Waals surface area (Å²) in [7, 11) is 2.21. The molecule has 2 aromatic heterocycles. The van der Waals surface area contributed by atoms with Crippen molar-refractivity contribution in [2.24, 2.45) is 7.05 Å². The number of rotatable bonds is 4. The van der Waals surface area contributed by atoms with Gasteiger partial charge in [-0.05, 0) is 36.6 Å². The number of fused-ring (bicyclic) bond motifs is 5. The molecular formula is C22H25N2+. The molecule has 2 nitrogen and oxygen atoms in total. The molecule has 2 aromatic carbocycles. The van der Waals surface area contributed by atoms with Gasteiger partial charge >= 0.3 is 0 Å². The van der Waals surface area contributed by atoms with Gasteiger partial charge < -0.3 is 0 Å². The number of hydrogen-bond acceptors (Lipinski definition) is 0. The Kier molecular flexibility index (Phi) is 3.76. The third-order valence-electron chi connectivity index (χ3n) is 5.12. The first-order valence-corrected chi connectivity index (χ1v) is 9.09. The van der Waals surface area contributed by atoms with Crippen molar-refractivity contribution in [1.29, 1.82) is 0 Å². The van der Waals surface area contributed by atoms with E-state index >= 15 is 0 Å². The number of para-hydroxylation sites is 3. The van der Waals surface area contributed by atoms with Crippen molar-refractivity contribution in [1.82, 2.24) is 4.40 Å². The standard InChI is InChI=1S/C22H25N2/c1-4-10-16-17-12-6-7-13-19(17)24-21-15-9-8-14-20(21)23(3)22(24)18(16)11-5-2/h6-9,12-15H,4-5,10-11H2,1-3H3/q+1. The number of hydrogen-bond donors (Lipinski definition) is 0. The zero-order valence-electron chi connectivity index (χ0n) is 14.8. The lowest BCUT2D eigenvalue weighted by molar-refractivity contribution is -0.618. The fourth-order valence-corrected chi connectivity index (χ4v) is 4.17. The van der Waals surface area contributed by atoms with Gasteiger partial charge in [-0.2, -0.15) is 4.40 Å². The van der Waals surface area contributed by atoms with Gasteiger partial charge in [-0.1, -0.05) is 57.0 Å². The fraction of sp³-hybridized carbons (Fsp3) is 0.318. The lowest BCUT2D eigenvalue weighted by Gasteiger charge is -2.12. The smallest absolute Gasteiger partial charge is 0.226 e. The van der Waals surface area contributed by atoms with Gasteiger partial charge in [-0.25, -0.2) is 4.57 Å². The van der Waals surface area contributed by atoms with Gasteiger partial charge in [0, 0.05) is 10.9 Å². The summed E-state index contributed by atoms with van der Waals surface area (Å²) in [6.07, 6.45) is 4.63. The maximum absolute atomic E-state index is 2.47. The van der Waals surface area contributed by atoms with E-state index in [1.165, 1.54) is 46.0 Å². The Bertz CT molecular complexity index is 1040. The number of nitrogens with zero attached hydrogens (tertiary/aromatic N) is 2. The number of aromatic nitrogens is 2. The molecule has 24 heavy (non-hydrogen) atoms. The highest BCUT2D eigenvalue weighted by Crippen LogP contribution is 2.30. The quantitative estimate of drug-likeness (QED) is 0.469. The summed E-state index contributed by atoms with van der Waals surface area (Å²) in [6.45, 7) is 4.56. The molecule has 122 valence electrons. The van der Waals surface area contributed by atoms with E-state index in [1.807, 2.05) is 0 Å². The minimum atomic E-state index is 1.13. The average Bonchev–Trinajstić information content (AvgIpc) is 2.91. The third-order valence-corrected chi connectivity index (χ3v) is 5.12. The van der Waals surface area contributed by atoms with Crippen molar-refractivity contribution in [3.8, 4) is 0 Å². The second kappa shape index (κ2) is 5.94. The molecule has 2 heteroatoms. The van der Waals surface area contributed by atoms with E-state index in [0.29, 0.717) is 0 Å². The van der Waals surface area contributed by atoms with Gasteiger partial charge in [0.25, 0.3) is 5.65 Å². The molecule has 0 saturated heterocycles. The van der Waals surface area contributed by atoms with Crippen LogP contribution in [0.4, 0.5) is 0 Å². The Hall–Kier alpha value is -2.35. The largest absolute Gasteiger partial charge is 0.291 e. The first kappa shape index (κ1) is 15.2. The van der Waals surface area contributed by atoms with Crippen molar-refractivity contribution < 1.29 is 4.57 Å². The molecule has 0 saturated carbocycles. The molecule has 2 heterocycles. The molecule has 0 aliphatic carbocycles. The summed E-state index contributed by atoms with van der Waals surface area (Å²) >= 11 is 0. The van der Waals surface area contributed by atoms with Gasteiger partial charge in [-0.15, -0.1) is 0 Å². The number of aryl methyl sites for hydroxylation is 3. The van der Waals surface area contributed by atoms with Crippen LogP contribution in [0.15, 0.2) is 48.5 Å². The topological polar surface area (TPSA) is 8.29 Å². The predicted molar refractivity (Wildman–Crippen MR) is 102 cm³/mol. The molecule has 0 bridgehead atoms. The molecule has 0 atom stereocenters. The van der Waals surface area contributed by atoms with Crippen LogP contribution in [0.25, 0.3) is 27.6 Å². The lowest BCUT2D eigenvalue weighted by Crippen LogP contribution is -2.29. The second-order valence-electron chi connectivity index (χ2n) is 6.68. The van der Waals surface area contributed by atoms with Gasteiger partial charge in [0.2, 0.25) is 0 Å². The average molecular weight is 317 g/mol. The summed E-state index contributed by atoms with van der Waals surface area (Å²) in [4.78, 5) is 0. The highest BCUT2D eigenvalue weighted by Gasteiger charge is 2.25. The van der Waals surface area contributed by atoms with E-state index in [9.17, 15) is 0 Å². The Labute approximate surface area is 143 Å². The van der Waals surface area contributed by atoms with E-state index in [1.54, 1.807) is 5.56 Å². The first-order valence-electron chi connectivity index (χ1n) is 9.09. The summed E-state index contributed by atoms with van der Waals surface area (Å²) in [5, 5.41) is 1.41. The summed E-state index contributed by atoms with van der Waals surface area (Å²) in [6, 6.07) is 17.6. The van der Waals surface area contributed by atoms with Gasteiger partial charge in [0.05, 0.1) is 7.05 Å². The number of benzene rings is 2. The summed E-state index contributed by atoms with van der Waals surface area (Å²) in [5.74, 6) is 0. The maximum Gasteiger partial charge on any atom is 0.291 e. The van der Waals surface area contributed by atoms with E-state index < -0.39 is 0 Å². The molecule has 0 N–H and O–H groups in total. The van der Waals surface area contributed by atoms with Gasteiger partial charge in [-0.3, -0.25) is 0 Å². The molecule has 0 aliphatic rings. The van der Waals surface area contributed by atoms with Crippen LogP contribution in [0, 0.1) is 0 Å². The van der Waals surface area contributed by atoms with Crippen molar-refractivity contribution in [2.75, 3.05) is 0 Å². The Morgan fingerprint density at radius 1 is 0.792 bits per heavy atom. The molecule has 0 amide bonds. The minimum Gasteiger partial charge on any atom is -0.226 e.